The molecule has 2 aromatic carbocycles. The monoisotopic (exact) mass is 613 g/mol. The Morgan fingerprint density at radius 2 is 1.86 bits per heavy atom. The number of rotatable bonds is 7. The molecule has 1 saturated carbocycles. The molecule has 3 aromatic heterocycles. The summed E-state index contributed by atoms with van der Waals surface area (Å²) in [5, 5.41) is 17.5. The van der Waals surface area contributed by atoms with Gasteiger partial charge in [0.25, 0.3) is 5.56 Å². The molecule has 4 heterocycles. The van der Waals surface area contributed by atoms with E-state index in [9.17, 15) is 9.90 Å². The minimum absolute atomic E-state index is 0.126. The van der Waals surface area contributed by atoms with Gasteiger partial charge in [-0.3, -0.25) is 9.36 Å². The van der Waals surface area contributed by atoms with Crippen molar-refractivity contribution in [1.82, 2.24) is 14.5 Å². The number of nitrogens with zero attached hydrogens (tertiary/aromatic N) is 3. The molecule has 0 bridgehead atoms. The highest BCUT2D eigenvalue weighted by Gasteiger charge is 2.28. The fourth-order valence-corrected chi connectivity index (χ4v) is 7.67. The summed E-state index contributed by atoms with van der Waals surface area (Å²) in [6, 6.07) is 16.0. The van der Waals surface area contributed by atoms with Crippen molar-refractivity contribution in [2.75, 3.05) is 30.4 Å². The number of ether oxygens (including phenoxy) is 2. The summed E-state index contributed by atoms with van der Waals surface area (Å²) in [4.78, 5) is 26.3. The topological polar surface area (TPSA) is 105 Å². The van der Waals surface area contributed by atoms with Crippen LogP contribution in [0.3, 0.4) is 0 Å². The van der Waals surface area contributed by atoms with E-state index in [2.05, 4.69) is 47.2 Å². The Bertz CT molecular complexity index is 1830. The molecule has 10 heteroatoms. The Morgan fingerprint density at radius 3 is 2.61 bits per heavy atom. The van der Waals surface area contributed by atoms with E-state index in [1.54, 1.807) is 18.4 Å². The molecule has 9 nitrogen and oxygen atoms in total. The fourth-order valence-electron chi connectivity index (χ4n) is 6.76. The third-order valence-corrected chi connectivity index (χ3v) is 9.85. The van der Waals surface area contributed by atoms with E-state index in [-0.39, 0.29) is 23.8 Å². The van der Waals surface area contributed by atoms with Crippen LogP contribution >= 0.6 is 11.3 Å². The molecule has 1 aliphatic heterocycles. The number of benzene rings is 2. The van der Waals surface area contributed by atoms with E-state index < -0.39 is 6.10 Å². The molecular formula is C34H39N5O4S. The van der Waals surface area contributed by atoms with Gasteiger partial charge in [-0.15, -0.1) is 11.3 Å². The number of morpholine rings is 1. The van der Waals surface area contributed by atoms with Gasteiger partial charge in [0.1, 0.15) is 22.0 Å². The van der Waals surface area contributed by atoms with Gasteiger partial charge in [0.15, 0.2) is 0 Å². The van der Waals surface area contributed by atoms with Gasteiger partial charge in [-0.05, 0) is 74.0 Å². The molecule has 2 aliphatic rings. The molecule has 0 spiro atoms. The molecule has 5 aromatic rings. The van der Waals surface area contributed by atoms with E-state index in [1.807, 2.05) is 40.3 Å². The molecule has 230 valence electrons. The van der Waals surface area contributed by atoms with Crippen molar-refractivity contribution in [2.24, 2.45) is 0 Å². The third kappa shape index (κ3) is 5.46. The Morgan fingerprint density at radius 1 is 1.09 bits per heavy atom. The van der Waals surface area contributed by atoms with Crippen LogP contribution < -0.4 is 20.5 Å². The quantitative estimate of drug-likeness (QED) is 0.207. The Balaban J connectivity index is 1.36. The number of hydrogen-bond donors (Lipinski definition) is 3. The van der Waals surface area contributed by atoms with Crippen molar-refractivity contribution in [3.8, 4) is 17.1 Å². The van der Waals surface area contributed by atoms with E-state index in [0.717, 1.165) is 82.7 Å². The lowest BCUT2D eigenvalue weighted by molar-refractivity contribution is -0.00521. The van der Waals surface area contributed by atoms with Gasteiger partial charge >= 0.3 is 0 Å². The lowest BCUT2D eigenvalue weighted by Crippen LogP contribution is -2.45. The summed E-state index contributed by atoms with van der Waals surface area (Å²) in [5.41, 5.74) is 4.88. The second-order valence-electron chi connectivity index (χ2n) is 12.2. The number of methoxy groups -OCH3 is 1. The Labute approximate surface area is 260 Å². The number of aromatic amines is 1. The summed E-state index contributed by atoms with van der Waals surface area (Å²) >= 11 is 1.55. The minimum Gasteiger partial charge on any atom is -0.497 e. The van der Waals surface area contributed by atoms with Crippen LogP contribution in [0.25, 0.3) is 32.6 Å². The number of aromatic nitrogens is 3. The highest BCUT2D eigenvalue weighted by Crippen LogP contribution is 2.37. The molecule has 7 rings (SSSR count). The maximum atomic E-state index is 14.6. The summed E-state index contributed by atoms with van der Waals surface area (Å²) in [5.74, 6) is 1.30. The molecular weight excluding hydrogens is 574 g/mol. The summed E-state index contributed by atoms with van der Waals surface area (Å²) in [6.07, 6.45) is 3.48. The molecule has 4 atom stereocenters. The van der Waals surface area contributed by atoms with E-state index >= 15 is 0 Å². The molecule has 44 heavy (non-hydrogen) atoms. The zero-order valence-corrected chi connectivity index (χ0v) is 26.2. The number of H-pyrrole nitrogens is 1. The molecule has 1 unspecified atom stereocenters. The maximum Gasteiger partial charge on any atom is 0.265 e. The number of hydrogen-bond acceptors (Lipinski definition) is 8. The first-order valence-electron chi connectivity index (χ1n) is 15.5. The molecule has 1 aliphatic carbocycles. The van der Waals surface area contributed by atoms with Crippen molar-refractivity contribution in [1.29, 1.82) is 0 Å². The van der Waals surface area contributed by atoms with Gasteiger partial charge in [0.2, 0.25) is 0 Å². The molecule has 2 fully saturated rings. The highest BCUT2D eigenvalue weighted by molar-refractivity contribution is 7.16. The molecule has 0 amide bonds. The van der Waals surface area contributed by atoms with Crippen LogP contribution in [-0.2, 0) is 11.3 Å². The zero-order valence-electron chi connectivity index (χ0n) is 25.4. The predicted molar refractivity (Wildman–Crippen MR) is 177 cm³/mol. The summed E-state index contributed by atoms with van der Waals surface area (Å²) in [6.45, 7) is 6.26. The second-order valence-corrected chi connectivity index (χ2v) is 13.1. The molecule has 3 N–H and O–H groups in total. The zero-order chi connectivity index (χ0) is 30.4. The van der Waals surface area contributed by atoms with Crippen molar-refractivity contribution in [3.05, 3.63) is 69.8 Å². The lowest BCUT2D eigenvalue weighted by Gasteiger charge is -2.36. The SMILES string of the molecule is COc1ccc(Cn2c(=O)c(-c3nc4ccc(N5CC(C)O[C@H](C)C5)cc4[nH]3)c(N[C@H]3CCCC[C@H]3O)c3ccsc32)cc1. The number of thiophene rings is 1. The number of aliphatic hydroxyl groups excluding tert-OH is 1. The van der Waals surface area contributed by atoms with Crippen LogP contribution in [0.15, 0.2) is 58.7 Å². The van der Waals surface area contributed by atoms with Crippen molar-refractivity contribution in [2.45, 2.75) is 70.4 Å². The van der Waals surface area contributed by atoms with Crippen molar-refractivity contribution < 1.29 is 14.6 Å². The Kier molecular flexibility index (Phi) is 7.82. The summed E-state index contributed by atoms with van der Waals surface area (Å²) < 4.78 is 13.1. The Hall–Kier alpha value is -3.86. The van der Waals surface area contributed by atoms with Crippen LogP contribution in [0.5, 0.6) is 5.75 Å². The first kappa shape index (κ1) is 28.9. The third-order valence-electron chi connectivity index (χ3n) is 8.91. The number of aliphatic hydroxyl groups is 1. The van der Waals surface area contributed by atoms with Crippen LogP contribution in [0, 0.1) is 0 Å². The second kappa shape index (κ2) is 11.9. The maximum absolute atomic E-state index is 14.6. The van der Waals surface area contributed by atoms with Gasteiger partial charge in [0, 0.05) is 24.2 Å². The minimum atomic E-state index is -0.469. The van der Waals surface area contributed by atoms with Gasteiger partial charge < -0.3 is 29.8 Å². The molecule has 1 saturated heterocycles. The van der Waals surface area contributed by atoms with Crippen LogP contribution in [0.2, 0.25) is 0 Å². The summed E-state index contributed by atoms with van der Waals surface area (Å²) in [7, 11) is 1.65. The number of pyridine rings is 1. The normalized spacial score (nSPS) is 22.5. The predicted octanol–water partition coefficient (Wildman–Crippen LogP) is 5.99. The largest absolute Gasteiger partial charge is 0.497 e. The van der Waals surface area contributed by atoms with Crippen LogP contribution in [0.1, 0.15) is 45.1 Å². The molecule has 0 radical (unpaired) electrons. The van der Waals surface area contributed by atoms with Gasteiger partial charge in [-0.2, -0.15) is 0 Å². The van der Waals surface area contributed by atoms with Crippen molar-refractivity contribution >= 4 is 44.0 Å². The highest BCUT2D eigenvalue weighted by atomic mass is 32.1. The van der Waals surface area contributed by atoms with Crippen LogP contribution in [-0.4, -0.2) is 64.2 Å². The van der Waals surface area contributed by atoms with Gasteiger partial charge in [-0.1, -0.05) is 25.0 Å². The average Bonchev–Trinajstić information content (AvgIpc) is 3.67. The van der Waals surface area contributed by atoms with E-state index in [4.69, 9.17) is 14.5 Å². The lowest BCUT2D eigenvalue weighted by atomic mass is 9.92. The average molecular weight is 614 g/mol. The number of imidazole rings is 1. The first-order chi connectivity index (χ1) is 21.4. The van der Waals surface area contributed by atoms with Crippen LogP contribution in [0.4, 0.5) is 11.4 Å². The van der Waals surface area contributed by atoms with E-state index in [0.29, 0.717) is 17.9 Å². The van der Waals surface area contributed by atoms with Gasteiger partial charge in [0.05, 0.1) is 54.7 Å². The number of fused-ring (bicyclic) bond motifs is 2. The first-order valence-corrected chi connectivity index (χ1v) is 16.4. The smallest absolute Gasteiger partial charge is 0.265 e. The van der Waals surface area contributed by atoms with Gasteiger partial charge in [-0.25, -0.2) is 4.98 Å². The van der Waals surface area contributed by atoms with Crippen molar-refractivity contribution in [3.63, 3.8) is 0 Å². The fraction of sp³-hybridized carbons (Fsp3) is 0.412. The number of anilines is 2. The standard InChI is InChI=1S/C34H39N5O4S/c1-20-17-38(18-21(2)43-20)23-10-13-26-28(16-23)37-32(36-26)30-31(35-27-6-4-5-7-29(27)40)25-14-15-44-34(25)39(33(30)41)19-22-8-11-24(42-3)12-9-22/h8-16,20-21,27,29,35,40H,4-7,17-19H2,1-3H3,(H,36,37)/t20-,21?,27+,29-/m1/s1. The number of nitrogens with one attached hydrogen (secondary N) is 2. The van der Waals surface area contributed by atoms with E-state index in [1.165, 1.54) is 0 Å².